The summed E-state index contributed by atoms with van der Waals surface area (Å²) >= 11 is 1.51. The number of aromatic nitrogens is 1. The molecule has 1 aliphatic rings. The molecule has 0 saturated carbocycles. The van der Waals surface area contributed by atoms with E-state index in [-0.39, 0.29) is 48.0 Å². The number of hydrogen-bond acceptors (Lipinski definition) is 10. The number of nitrogens with zero attached hydrogens (tertiary/aromatic N) is 4. The van der Waals surface area contributed by atoms with Crippen molar-refractivity contribution >= 4 is 51.0 Å². The van der Waals surface area contributed by atoms with Crippen LogP contribution in [0, 0.1) is 18.8 Å². The lowest BCUT2D eigenvalue weighted by molar-refractivity contribution is -0.128. The fourth-order valence-electron chi connectivity index (χ4n) is 6.48. The molecule has 17 heteroatoms. The summed E-state index contributed by atoms with van der Waals surface area (Å²) in [6.45, 7) is 14.8. The third kappa shape index (κ3) is 13.2. The van der Waals surface area contributed by atoms with Crippen LogP contribution in [0.4, 0.5) is 15.3 Å². The topological polar surface area (TPSA) is 191 Å². The van der Waals surface area contributed by atoms with E-state index in [2.05, 4.69) is 20.9 Å². The third-order valence-corrected chi connectivity index (χ3v) is 11.6. The quantitative estimate of drug-likeness (QED) is 0.142. The zero-order valence-electron chi connectivity index (χ0n) is 34.0. The number of aliphatic hydroxyl groups excluding tert-OH is 1. The molecule has 57 heavy (non-hydrogen) atoms. The summed E-state index contributed by atoms with van der Waals surface area (Å²) in [5.74, 6) is -1.46. The number of sulfonamides is 1. The van der Waals surface area contributed by atoms with E-state index >= 15 is 0 Å². The molecule has 3 aromatic rings. The Morgan fingerprint density at radius 3 is 2.33 bits per heavy atom. The summed E-state index contributed by atoms with van der Waals surface area (Å²) in [7, 11) is -4.25. The number of carbonyl (C=O) groups is 4. The standard InChI is InChI=1S/C40H57N7O8S2/c1-26(2)22-46(57(53,54)32-16-12-15-30(20-32)43-35(49)21-41-38(51)55-40(6,7)8)24-34(48)33(19-29-13-10-9-11-14-29)44-37(50)36(27(3)4)47-18-17-45(39(47)52)23-31-25-56-28(5)42-31/h9-16,20,25-27,33-34,36,48H,17-19,21-24H2,1-8H3,(H,41,51)(H,43,49)(H,44,50)/t33-,34+,36-/m0/s1. The highest BCUT2D eigenvalue weighted by atomic mass is 32.2. The van der Waals surface area contributed by atoms with Crippen molar-refractivity contribution in [3.8, 4) is 0 Å². The number of anilines is 1. The average molecular weight is 828 g/mol. The largest absolute Gasteiger partial charge is 0.444 e. The Morgan fingerprint density at radius 1 is 1.02 bits per heavy atom. The Morgan fingerprint density at radius 2 is 1.72 bits per heavy atom. The van der Waals surface area contributed by atoms with Crippen LogP contribution in [0.2, 0.25) is 0 Å². The zero-order chi connectivity index (χ0) is 42.1. The normalized spacial score (nSPS) is 15.2. The maximum atomic E-state index is 14.3. The second-order valence-corrected chi connectivity index (χ2v) is 19.0. The van der Waals surface area contributed by atoms with Crippen molar-refractivity contribution in [1.29, 1.82) is 0 Å². The molecule has 1 aliphatic heterocycles. The van der Waals surface area contributed by atoms with Crippen molar-refractivity contribution in [3.63, 3.8) is 0 Å². The van der Waals surface area contributed by atoms with Crippen molar-refractivity contribution in [1.82, 2.24) is 29.7 Å². The van der Waals surface area contributed by atoms with Crippen molar-refractivity contribution in [2.75, 3.05) is 38.0 Å². The van der Waals surface area contributed by atoms with Gasteiger partial charge in [-0.05, 0) is 69.7 Å². The van der Waals surface area contributed by atoms with Crippen LogP contribution in [0.1, 0.15) is 64.7 Å². The van der Waals surface area contributed by atoms with Crippen LogP contribution >= 0.6 is 11.3 Å². The lowest BCUT2D eigenvalue weighted by atomic mass is 9.97. The van der Waals surface area contributed by atoms with E-state index in [0.29, 0.717) is 19.6 Å². The van der Waals surface area contributed by atoms with Crippen LogP contribution in [0.15, 0.2) is 64.9 Å². The number of amides is 5. The molecule has 0 unspecified atom stereocenters. The number of carbonyl (C=O) groups excluding carboxylic acids is 4. The number of benzene rings is 2. The van der Waals surface area contributed by atoms with Gasteiger partial charge in [0, 0.05) is 37.2 Å². The Labute approximate surface area is 340 Å². The first-order valence-electron chi connectivity index (χ1n) is 19.1. The van der Waals surface area contributed by atoms with E-state index in [9.17, 15) is 32.7 Å². The Kier molecular flexibility index (Phi) is 15.6. The molecular formula is C40H57N7O8S2. The molecule has 0 aliphatic carbocycles. The van der Waals surface area contributed by atoms with Crippen molar-refractivity contribution in [2.24, 2.45) is 11.8 Å². The number of urea groups is 1. The second kappa shape index (κ2) is 19.7. The number of aliphatic hydroxyl groups is 1. The van der Waals surface area contributed by atoms with Gasteiger partial charge in [-0.3, -0.25) is 9.59 Å². The SMILES string of the molecule is Cc1nc(CN2CCN([C@H](C(=O)N[C@@H](Cc3ccccc3)[C@H](O)CN(CC(C)C)S(=O)(=O)c3cccc(NC(=O)CNC(=O)OC(C)(C)C)c3)C(C)C)C2=O)cs1. The maximum Gasteiger partial charge on any atom is 0.408 e. The second-order valence-electron chi connectivity index (χ2n) is 16.0. The van der Waals surface area contributed by atoms with E-state index in [1.165, 1.54) is 39.9 Å². The molecule has 3 atom stereocenters. The van der Waals surface area contributed by atoms with E-state index < -0.39 is 58.3 Å². The van der Waals surface area contributed by atoms with Crippen molar-refractivity contribution in [3.05, 3.63) is 76.2 Å². The molecule has 2 heterocycles. The third-order valence-electron chi connectivity index (χ3n) is 8.98. The number of hydrogen-bond donors (Lipinski definition) is 4. The van der Waals surface area contributed by atoms with Gasteiger partial charge in [-0.1, -0.05) is 64.1 Å². The van der Waals surface area contributed by atoms with Gasteiger partial charge in [0.05, 0.1) is 34.3 Å². The Bertz CT molecular complexity index is 1950. The maximum absolute atomic E-state index is 14.3. The minimum atomic E-state index is -4.25. The lowest BCUT2D eigenvalue weighted by Gasteiger charge is -2.34. The Balaban J connectivity index is 1.53. The summed E-state index contributed by atoms with van der Waals surface area (Å²) in [6, 6.07) is 12.9. The molecule has 4 N–H and O–H groups in total. The molecule has 312 valence electrons. The summed E-state index contributed by atoms with van der Waals surface area (Å²) in [5, 5.41) is 22.7. The molecule has 4 rings (SSSR count). The highest BCUT2D eigenvalue weighted by Crippen LogP contribution is 2.24. The van der Waals surface area contributed by atoms with E-state index in [4.69, 9.17) is 4.74 Å². The molecule has 0 bridgehead atoms. The first-order valence-corrected chi connectivity index (χ1v) is 21.4. The van der Waals surface area contributed by atoms with Crippen molar-refractivity contribution in [2.45, 2.75) is 97.0 Å². The van der Waals surface area contributed by atoms with Gasteiger partial charge in [-0.25, -0.2) is 23.0 Å². The van der Waals surface area contributed by atoms with Gasteiger partial charge in [0.15, 0.2) is 0 Å². The monoisotopic (exact) mass is 827 g/mol. The predicted octanol–water partition coefficient (Wildman–Crippen LogP) is 4.61. The summed E-state index contributed by atoms with van der Waals surface area (Å²) in [5.41, 5.74) is 1.03. The zero-order valence-corrected chi connectivity index (χ0v) is 35.7. The van der Waals surface area contributed by atoms with Gasteiger partial charge in [-0.15, -0.1) is 11.3 Å². The molecule has 0 spiro atoms. The molecule has 2 aromatic carbocycles. The van der Waals surface area contributed by atoms with Crippen LogP contribution < -0.4 is 16.0 Å². The van der Waals surface area contributed by atoms with Crippen molar-refractivity contribution < 1.29 is 37.4 Å². The predicted molar refractivity (Wildman–Crippen MR) is 219 cm³/mol. The average Bonchev–Trinajstić information content (AvgIpc) is 3.70. The van der Waals surface area contributed by atoms with Crippen LogP contribution in [-0.4, -0.2) is 113 Å². The molecule has 15 nitrogen and oxygen atoms in total. The molecule has 1 saturated heterocycles. The number of thiazole rings is 1. The highest BCUT2D eigenvalue weighted by Gasteiger charge is 2.40. The van der Waals surface area contributed by atoms with E-state index in [0.717, 1.165) is 16.3 Å². The van der Waals surface area contributed by atoms with Gasteiger partial charge >= 0.3 is 12.1 Å². The van der Waals surface area contributed by atoms with Gasteiger partial charge in [-0.2, -0.15) is 4.31 Å². The number of alkyl carbamates (subject to hydrolysis) is 1. The van der Waals surface area contributed by atoms with E-state index in [1.807, 2.05) is 70.3 Å². The van der Waals surface area contributed by atoms with Gasteiger partial charge in [0.1, 0.15) is 18.2 Å². The minimum Gasteiger partial charge on any atom is -0.444 e. The highest BCUT2D eigenvalue weighted by molar-refractivity contribution is 7.89. The van der Waals surface area contributed by atoms with Crippen LogP contribution in [0.5, 0.6) is 0 Å². The number of aryl methyl sites for hydroxylation is 1. The van der Waals surface area contributed by atoms with Gasteiger partial charge in [0.25, 0.3) is 0 Å². The molecule has 5 amide bonds. The summed E-state index contributed by atoms with van der Waals surface area (Å²) in [6.07, 6.45) is -1.95. The van der Waals surface area contributed by atoms with Gasteiger partial charge in [0.2, 0.25) is 21.8 Å². The molecule has 1 aromatic heterocycles. The minimum absolute atomic E-state index is 0.0486. The van der Waals surface area contributed by atoms with Gasteiger partial charge < -0.3 is 35.6 Å². The van der Waals surface area contributed by atoms with Crippen LogP contribution in [0.25, 0.3) is 0 Å². The summed E-state index contributed by atoms with van der Waals surface area (Å²) in [4.78, 5) is 60.1. The molecule has 1 fully saturated rings. The molecular weight excluding hydrogens is 771 g/mol. The number of ether oxygens (including phenoxy) is 1. The number of nitrogens with one attached hydrogen (secondary N) is 3. The van der Waals surface area contributed by atoms with E-state index in [1.54, 1.807) is 30.6 Å². The smallest absolute Gasteiger partial charge is 0.408 e. The first kappa shape index (κ1) is 45.1. The summed E-state index contributed by atoms with van der Waals surface area (Å²) < 4.78 is 34.8. The Hall–Kier alpha value is -4.58. The lowest BCUT2D eigenvalue weighted by Crippen LogP contribution is -2.57. The van der Waals surface area contributed by atoms with Crippen LogP contribution in [0.3, 0.4) is 0 Å². The molecule has 0 radical (unpaired) electrons. The number of rotatable bonds is 18. The van der Waals surface area contributed by atoms with Crippen LogP contribution in [-0.2, 0) is 37.3 Å². The fraction of sp³-hybridized carbons (Fsp3) is 0.525. The first-order chi connectivity index (χ1) is 26.7. The fourth-order valence-corrected chi connectivity index (χ4v) is 8.75.